The SMILES string of the molecule is Nc1cccc(-c2csc(-c3coc4ccccc34)n2)c1. The van der Waals surface area contributed by atoms with E-state index in [0.29, 0.717) is 0 Å². The molecule has 0 radical (unpaired) electrons. The zero-order chi connectivity index (χ0) is 14.2. The summed E-state index contributed by atoms with van der Waals surface area (Å²) in [6.45, 7) is 0. The zero-order valence-electron chi connectivity index (χ0n) is 11.1. The lowest BCUT2D eigenvalue weighted by molar-refractivity contribution is 0.617. The Balaban J connectivity index is 1.81. The molecule has 3 nitrogen and oxygen atoms in total. The summed E-state index contributed by atoms with van der Waals surface area (Å²) in [6.07, 6.45) is 1.77. The van der Waals surface area contributed by atoms with Crippen LogP contribution in [0.4, 0.5) is 5.69 Å². The van der Waals surface area contributed by atoms with E-state index >= 15 is 0 Å². The van der Waals surface area contributed by atoms with E-state index < -0.39 is 0 Å². The van der Waals surface area contributed by atoms with E-state index in [-0.39, 0.29) is 0 Å². The van der Waals surface area contributed by atoms with Crippen LogP contribution >= 0.6 is 11.3 Å². The first-order valence-electron chi connectivity index (χ1n) is 6.59. The third-order valence-corrected chi connectivity index (χ3v) is 4.27. The Morgan fingerprint density at radius 1 is 1.05 bits per heavy atom. The average Bonchev–Trinajstić information content (AvgIpc) is 3.14. The predicted molar refractivity (Wildman–Crippen MR) is 87.2 cm³/mol. The van der Waals surface area contributed by atoms with Crippen LogP contribution in [0.2, 0.25) is 0 Å². The second kappa shape index (κ2) is 4.75. The van der Waals surface area contributed by atoms with Crippen LogP contribution in [-0.4, -0.2) is 4.98 Å². The van der Waals surface area contributed by atoms with Crippen molar-refractivity contribution in [3.63, 3.8) is 0 Å². The van der Waals surface area contributed by atoms with Crippen LogP contribution in [0.5, 0.6) is 0 Å². The van der Waals surface area contributed by atoms with E-state index in [2.05, 4.69) is 6.07 Å². The monoisotopic (exact) mass is 292 g/mol. The van der Waals surface area contributed by atoms with Gasteiger partial charge in [-0.2, -0.15) is 0 Å². The van der Waals surface area contributed by atoms with E-state index in [1.54, 1.807) is 17.6 Å². The highest BCUT2D eigenvalue weighted by molar-refractivity contribution is 7.13. The van der Waals surface area contributed by atoms with E-state index in [1.165, 1.54) is 0 Å². The van der Waals surface area contributed by atoms with Gasteiger partial charge in [0.25, 0.3) is 0 Å². The van der Waals surface area contributed by atoms with Crippen molar-refractivity contribution in [3.8, 4) is 21.8 Å². The van der Waals surface area contributed by atoms with Crippen molar-refractivity contribution in [2.75, 3.05) is 5.73 Å². The Morgan fingerprint density at radius 3 is 2.86 bits per heavy atom. The van der Waals surface area contributed by atoms with Gasteiger partial charge in [-0.05, 0) is 18.2 Å². The minimum atomic E-state index is 0.746. The van der Waals surface area contributed by atoms with E-state index in [1.807, 2.05) is 47.8 Å². The Bertz CT molecular complexity index is 923. The lowest BCUT2D eigenvalue weighted by Gasteiger charge is -1.97. The second-order valence-electron chi connectivity index (χ2n) is 4.81. The minimum Gasteiger partial charge on any atom is -0.464 e. The standard InChI is InChI=1S/C17H12N2OS/c18-12-5-3-4-11(8-12)15-10-21-17(19-15)14-9-20-16-7-2-1-6-13(14)16/h1-10H,18H2. The molecule has 0 amide bonds. The summed E-state index contributed by atoms with van der Waals surface area (Å²) >= 11 is 1.61. The normalized spacial score (nSPS) is 11.0. The molecule has 0 unspecified atom stereocenters. The van der Waals surface area contributed by atoms with Gasteiger partial charge in [0.15, 0.2) is 0 Å². The molecule has 2 aromatic heterocycles. The Labute approximate surface area is 125 Å². The van der Waals surface area contributed by atoms with Crippen LogP contribution in [-0.2, 0) is 0 Å². The fourth-order valence-corrected chi connectivity index (χ4v) is 3.22. The Morgan fingerprint density at radius 2 is 1.95 bits per heavy atom. The van der Waals surface area contributed by atoms with Gasteiger partial charge >= 0.3 is 0 Å². The summed E-state index contributed by atoms with van der Waals surface area (Å²) in [4.78, 5) is 4.72. The lowest BCUT2D eigenvalue weighted by Crippen LogP contribution is -1.85. The molecule has 21 heavy (non-hydrogen) atoms. The predicted octanol–water partition coefficient (Wildman–Crippen LogP) is 4.81. The van der Waals surface area contributed by atoms with Gasteiger partial charge in [0.05, 0.1) is 11.3 Å². The maximum Gasteiger partial charge on any atom is 0.134 e. The van der Waals surface area contributed by atoms with Crippen molar-refractivity contribution in [2.45, 2.75) is 0 Å². The van der Waals surface area contributed by atoms with Crippen molar-refractivity contribution < 1.29 is 4.42 Å². The first-order chi connectivity index (χ1) is 10.3. The van der Waals surface area contributed by atoms with Crippen molar-refractivity contribution in [3.05, 3.63) is 60.2 Å². The first-order valence-corrected chi connectivity index (χ1v) is 7.47. The van der Waals surface area contributed by atoms with Crippen LogP contribution < -0.4 is 5.73 Å². The zero-order valence-corrected chi connectivity index (χ0v) is 11.9. The fourth-order valence-electron chi connectivity index (χ4n) is 2.37. The molecule has 102 valence electrons. The van der Waals surface area contributed by atoms with Gasteiger partial charge in [-0.1, -0.05) is 30.3 Å². The van der Waals surface area contributed by atoms with Crippen molar-refractivity contribution in [1.29, 1.82) is 0 Å². The number of hydrogen-bond donors (Lipinski definition) is 1. The Kier molecular flexibility index (Phi) is 2.75. The molecule has 4 aromatic rings. The summed E-state index contributed by atoms with van der Waals surface area (Å²) in [7, 11) is 0. The molecule has 4 heteroatoms. The van der Waals surface area contributed by atoms with Crippen LogP contribution in [0.25, 0.3) is 32.8 Å². The number of nitrogens with two attached hydrogens (primary N) is 1. The lowest BCUT2D eigenvalue weighted by atomic mass is 10.1. The molecule has 0 saturated heterocycles. The van der Waals surface area contributed by atoms with Gasteiger partial charge in [-0.15, -0.1) is 11.3 Å². The highest BCUT2D eigenvalue weighted by Crippen LogP contribution is 2.34. The quantitative estimate of drug-likeness (QED) is 0.540. The Hall–Kier alpha value is -2.59. The number of anilines is 1. The molecule has 0 atom stereocenters. The second-order valence-corrected chi connectivity index (χ2v) is 5.67. The van der Waals surface area contributed by atoms with Gasteiger partial charge in [0.1, 0.15) is 16.9 Å². The number of nitrogens with zero attached hydrogens (tertiary/aromatic N) is 1. The molecule has 0 spiro atoms. The summed E-state index contributed by atoms with van der Waals surface area (Å²) < 4.78 is 5.58. The molecule has 2 N–H and O–H groups in total. The van der Waals surface area contributed by atoms with E-state index in [0.717, 1.165) is 38.5 Å². The minimum absolute atomic E-state index is 0.746. The number of rotatable bonds is 2. The maximum absolute atomic E-state index is 5.83. The average molecular weight is 292 g/mol. The third-order valence-electron chi connectivity index (χ3n) is 3.40. The number of para-hydroxylation sites is 1. The van der Waals surface area contributed by atoms with Crippen molar-refractivity contribution in [2.24, 2.45) is 0 Å². The van der Waals surface area contributed by atoms with Crippen LogP contribution in [0.3, 0.4) is 0 Å². The molecule has 2 heterocycles. The highest BCUT2D eigenvalue weighted by atomic mass is 32.1. The van der Waals surface area contributed by atoms with Crippen molar-refractivity contribution in [1.82, 2.24) is 4.98 Å². The van der Waals surface area contributed by atoms with Crippen LogP contribution in [0.15, 0.2) is 64.6 Å². The molecule has 0 bridgehead atoms. The topological polar surface area (TPSA) is 52.0 Å². The number of benzene rings is 2. The summed E-state index contributed by atoms with van der Waals surface area (Å²) in [5.74, 6) is 0. The number of hydrogen-bond acceptors (Lipinski definition) is 4. The van der Waals surface area contributed by atoms with Gasteiger partial charge in [-0.25, -0.2) is 4.98 Å². The summed E-state index contributed by atoms with van der Waals surface area (Å²) in [6, 6.07) is 15.8. The van der Waals surface area contributed by atoms with Crippen LogP contribution in [0, 0.1) is 0 Å². The van der Waals surface area contributed by atoms with Gasteiger partial charge in [0.2, 0.25) is 0 Å². The van der Waals surface area contributed by atoms with Crippen molar-refractivity contribution >= 4 is 28.0 Å². The number of nitrogen functional groups attached to an aromatic ring is 1. The van der Waals surface area contributed by atoms with Gasteiger partial charge in [-0.3, -0.25) is 0 Å². The molecule has 2 aromatic carbocycles. The third kappa shape index (κ3) is 2.10. The largest absolute Gasteiger partial charge is 0.464 e. The molecule has 0 saturated carbocycles. The summed E-state index contributed by atoms with van der Waals surface area (Å²) in [5, 5.41) is 4.09. The summed E-state index contributed by atoms with van der Waals surface area (Å²) in [5.41, 5.74) is 10.5. The number of furan rings is 1. The first kappa shape index (κ1) is 12.2. The fraction of sp³-hybridized carbons (Fsp3) is 0. The number of aromatic nitrogens is 1. The van der Waals surface area contributed by atoms with Gasteiger partial charge < -0.3 is 10.2 Å². The molecule has 0 fully saturated rings. The van der Waals surface area contributed by atoms with Gasteiger partial charge in [0, 0.05) is 22.0 Å². The molecule has 0 aliphatic heterocycles. The highest BCUT2D eigenvalue weighted by Gasteiger charge is 2.12. The molecular formula is C17H12N2OS. The smallest absolute Gasteiger partial charge is 0.134 e. The molecule has 4 rings (SSSR count). The van der Waals surface area contributed by atoms with E-state index in [4.69, 9.17) is 15.1 Å². The van der Waals surface area contributed by atoms with E-state index in [9.17, 15) is 0 Å². The number of fused-ring (bicyclic) bond motifs is 1. The molecule has 0 aliphatic carbocycles. The molecule has 0 aliphatic rings. The maximum atomic E-state index is 5.83. The molecular weight excluding hydrogens is 280 g/mol. The number of thiazole rings is 1. The van der Waals surface area contributed by atoms with Crippen LogP contribution in [0.1, 0.15) is 0 Å².